The average molecular weight is 263 g/mol. The maximum atomic E-state index is 11.8. The van der Waals surface area contributed by atoms with Crippen molar-refractivity contribution in [2.45, 2.75) is 19.9 Å². The fraction of sp³-hybridized carbons (Fsp3) is 0.385. The molecule has 1 aliphatic heterocycles. The molecule has 0 spiro atoms. The number of fused-ring (bicyclic) bond motifs is 1. The zero-order chi connectivity index (χ0) is 14.0. The van der Waals surface area contributed by atoms with Crippen LogP contribution in [-0.2, 0) is 9.59 Å². The van der Waals surface area contributed by atoms with E-state index < -0.39 is 6.04 Å². The summed E-state index contributed by atoms with van der Waals surface area (Å²) in [6.07, 6.45) is 0. The van der Waals surface area contributed by atoms with Crippen LogP contribution in [0, 0.1) is 5.92 Å². The standard InChI is InChI=1S/C13H17N3O3/c1-7(2)12(14)13(18)15-8-3-4-10-9(5-8)16-11(17)6-19-10/h3-5,7,12H,6,14H2,1-2H3,(H,15,18)(H,16,17)/t12-/m1/s1. The Hall–Kier alpha value is -2.08. The predicted molar refractivity (Wildman–Crippen MR) is 72.0 cm³/mol. The van der Waals surface area contributed by atoms with Crippen LogP contribution in [0.15, 0.2) is 18.2 Å². The van der Waals surface area contributed by atoms with Crippen LogP contribution < -0.4 is 21.1 Å². The van der Waals surface area contributed by atoms with E-state index >= 15 is 0 Å². The second-order valence-corrected chi connectivity index (χ2v) is 4.81. The van der Waals surface area contributed by atoms with Gasteiger partial charge in [-0.2, -0.15) is 0 Å². The molecule has 6 heteroatoms. The average Bonchev–Trinajstić information content (AvgIpc) is 2.37. The van der Waals surface area contributed by atoms with Crippen LogP contribution in [0.1, 0.15) is 13.8 Å². The molecule has 0 aliphatic carbocycles. The summed E-state index contributed by atoms with van der Waals surface area (Å²) < 4.78 is 5.23. The number of anilines is 2. The van der Waals surface area contributed by atoms with Gasteiger partial charge < -0.3 is 21.1 Å². The molecule has 1 aliphatic rings. The highest BCUT2D eigenvalue weighted by molar-refractivity contribution is 5.98. The van der Waals surface area contributed by atoms with Gasteiger partial charge in [-0.1, -0.05) is 13.8 Å². The molecule has 0 radical (unpaired) electrons. The van der Waals surface area contributed by atoms with Crippen molar-refractivity contribution in [1.29, 1.82) is 0 Å². The van der Waals surface area contributed by atoms with Crippen LogP contribution in [0.4, 0.5) is 11.4 Å². The fourth-order valence-electron chi connectivity index (χ4n) is 1.69. The zero-order valence-electron chi connectivity index (χ0n) is 10.9. The number of amides is 2. The highest BCUT2D eigenvalue weighted by atomic mass is 16.5. The number of hydrogen-bond acceptors (Lipinski definition) is 4. The van der Waals surface area contributed by atoms with Gasteiger partial charge in [0.05, 0.1) is 11.7 Å². The van der Waals surface area contributed by atoms with Gasteiger partial charge >= 0.3 is 0 Å². The van der Waals surface area contributed by atoms with Crippen LogP contribution >= 0.6 is 0 Å². The van der Waals surface area contributed by atoms with Crippen molar-refractivity contribution < 1.29 is 14.3 Å². The Bertz CT molecular complexity index is 514. The Morgan fingerprint density at radius 3 is 2.89 bits per heavy atom. The summed E-state index contributed by atoms with van der Waals surface area (Å²) in [5, 5.41) is 5.40. The van der Waals surface area contributed by atoms with Gasteiger partial charge in [0.25, 0.3) is 5.91 Å². The molecule has 0 fully saturated rings. The van der Waals surface area contributed by atoms with Gasteiger partial charge in [0.1, 0.15) is 5.75 Å². The van der Waals surface area contributed by atoms with Crippen molar-refractivity contribution >= 4 is 23.2 Å². The summed E-state index contributed by atoms with van der Waals surface area (Å²) in [6.45, 7) is 3.77. The van der Waals surface area contributed by atoms with Crippen LogP contribution in [-0.4, -0.2) is 24.5 Å². The van der Waals surface area contributed by atoms with E-state index in [1.54, 1.807) is 18.2 Å². The first-order chi connectivity index (χ1) is 8.97. The molecule has 0 bridgehead atoms. The second-order valence-electron chi connectivity index (χ2n) is 4.81. The molecule has 1 aromatic rings. The van der Waals surface area contributed by atoms with Crippen molar-refractivity contribution in [3.8, 4) is 5.75 Å². The monoisotopic (exact) mass is 263 g/mol. The van der Waals surface area contributed by atoms with Crippen LogP contribution in [0.3, 0.4) is 0 Å². The molecule has 2 amide bonds. The lowest BCUT2D eigenvalue weighted by Crippen LogP contribution is -2.39. The third-order valence-corrected chi connectivity index (χ3v) is 2.90. The van der Waals surface area contributed by atoms with E-state index in [0.717, 1.165) is 0 Å². The summed E-state index contributed by atoms with van der Waals surface area (Å²) in [4.78, 5) is 23.0. The van der Waals surface area contributed by atoms with E-state index in [9.17, 15) is 9.59 Å². The van der Waals surface area contributed by atoms with E-state index in [0.29, 0.717) is 17.1 Å². The van der Waals surface area contributed by atoms with Crippen molar-refractivity contribution in [2.75, 3.05) is 17.2 Å². The minimum Gasteiger partial charge on any atom is -0.482 e. The minimum absolute atomic E-state index is 0.0108. The van der Waals surface area contributed by atoms with Gasteiger partial charge in [-0.15, -0.1) is 0 Å². The van der Waals surface area contributed by atoms with Crippen LogP contribution in [0.25, 0.3) is 0 Å². The van der Waals surface area contributed by atoms with Crippen molar-refractivity contribution in [3.05, 3.63) is 18.2 Å². The molecule has 102 valence electrons. The number of benzene rings is 1. The maximum Gasteiger partial charge on any atom is 0.262 e. The number of carbonyl (C=O) groups is 2. The number of nitrogens with one attached hydrogen (secondary N) is 2. The molecule has 1 atom stereocenters. The van der Waals surface area contributed by atoms with E-state index in [4.69, 9.17) is 10.5 Å². The summed E-state index contributed by atoms with van der Waals surface area (Å²) in [6, 6.07) is 4.49. The molecule has 0 saturated carbocycles. The molecule has 0 aromatic heterocycles. The van der Waals surface area contributed by atoms with E-state index in [-0.39, 0.29) is 24.3 Å². The maximum absolute atomic E-state index is 11.8. The Morgan fingerprint density at radius 1 is 1.47 bits per heavy atom. The number of rotatable bonds is 3. The topological polar surface area (TPSA) is 93.5 Å². The van der Waals surface area contributed by atoms with E-state index in [1.807, 2.05) is 13.8 Å². The molecule has 2 rings (SSSR count). The Morgan fingerprint density at radius 2 is 2.21 bits per heavy atom. The zero-order valence-corrected chi connectivity index (χ0v) is 10.9. The molecule has 0 saturated heterocycles. The Kier molecular flexibility index (Phi) is 3.71. The Labute approximate surface area is 111 Å². The second kappa shape index (κ2) is 5.27. The largest absolute Gasteiger partial charge is 0.482 e. The third-order valence-electron chi connectivity index (χ3n) is 2.90. The first kappa shape index (κ1) is 13.4. The summed E-state index contributed by atoms with van der Waals surface area (Å²) in [7, 11) is 0. The smallest absolute Gasteiger partial charge is 0.262 e. The summed E-state index contributed by atoms with van der Waals surface area (Å²) in [5.41, 5.74) is 6.88. The van der Waals surface area contributed by atoms with Crippen LogP contribution in [0.2, 0.25) is 0 Å². The van der Waals surface area contributed by atoms with E-state index in [1.165, 1.54) is 0 Å². The SMILES string of the molecule is CC(C)[C@@H](N)C(=O)Nc1ccc2c(c1)NC(=O)CO2. The van der Waals surface area contributed by atoms with E-state index in [2.05, 4.69) is 10.6 Å². The number of nitrogens with two attached hydrogens (primary N) is 1. The van der Waals surface area contributed by atoms with Crippen molar-refractivity contribution in [1.82, 2.24) is 0 Å². The quantitative estimate of drug-likeness (QED) is 0.756. The fourth-order valence-corrected chi connectivity index (χ4v) is 1.69. The van der Waals surface area contributed by atoms with Gasteiger partial charge in [0, 0.05) is 5.69 Å². The van der Waals surface area contributed by atoms with Gasteiger partial charge in [0.15, 0.2) is 6.61 Å². The lowest BCUT2D eigenvalue weighted by atomic mass is 10.0. The third kappa shape index (κ3) is 3.03. The molecular formula is C13H17N3O3. The van der Waals surface area contributed by atoms with Crippen LogP contribution in [0.5, 0.6) is 5.75 Å². The molecule has 6 nitrogen and oxygen atoms in total. The number of carbonyl (C=O) groups excluding carboxylic acids is 2. The lowest BCUT2D eigenvalue weighted by Gasteiger charge is -2.20. The summed E-state index contributed by atoms with van der Waals surface area (Å²) in [5.74, 6) is 0.180. The number of hydrogen-bond donors (Lipinski definition) is 3. The normalized spacial score (nSPS) is 15.3. The van der Waals surface area contributed by atoms with Gasteiger partial charge in [0.2, 0.25) is 5.91 Å². The first-order valence-electron chi connectivity index (χ1n) is 6.10. The molecule has 0 unspecified atom stereocenters. The highest BCUT2D eigenvalue weighted by Gasteiger charge is 2.19. The lowest BCUT2D eigenvalue weighted by molar-refractivity contribution is -0.119. The van der Waals surface area contributed by atoms with Gasteiger partial charge in [-0.25, -0.2) is 0 Å². The van der Waals surface area contributed by atoms with Gasteiger partial charge in [-0.05, 0) is 24.1 Å². The molecule has 19 heavy (non-hydrogen) atoms. The Balaban J connectivity index is 2.12. The van der Waals surface area contributed by atoms with Gasteiger partial charge in [-0.3, -0.25) is 9.59 Å². The molecule has 4 N–H and O–H groups in total. The minimum atomic E-state index is -0.568. The number of ether oxygens (including phenoxy) is 1. The predicted octanol–water partition coefficient (Wildman–Crippen LogP) is 0.939. The highest BCUT2D eigenvalue weighted by Crippen LogP contribution is 2.30. The van der Waals surface area contributed by atoms with Crippen molar-refractivity contribution in [3.63, 3.8) is 0 Å². The molecular weight excluding hydrogens is 246 g/mol. The molecule has 1 heterocycles. The summed E-state index contributed by atoms with van der Waals surface area (Å²) >= 11 is 0. The molecule has 1 aromatic carbocycles. The van der Waals surface area contributed by atoms with Crippen molar-refractivity contribution in [2.24, 2.45) is 11.7 Å². The first-order valence-corrected chi connectivity index (χ1v) is 6.10.